The van der Waals surface area contributed by atoms with Gasteiger partial charge in [-0.05, 0) is 48.9 Å². The van der Waals surface area contributed by atoms with E-state index in [-0.39, 0.29) is 5.82 Å². The fourth-order valence-corrected chi connectivity index (χ4v) is 3.72. The lowest BCUT2D eigenvalue weighted by molar-refractivity contribution is 0.636. The summed E-state index contributed by atoms with van der Waals surface area (Å²) in [6.07, 6.45) is 3.65. The lowest BCUT2D eigenvalue weighted by Gasteiger charge is -2.03. The van der Waals surface area contributed by atoms with Gasteiger partial charge in [0.25, 0.3) is 0 Å². The van der Waals surface area contributed by atoms with Crippen molar-refractivity contribution in [3.63, 3.8) is 0 Å². The van der Waals surface area contributed by atoms with Crippen molar-refractivity contribution in [2.45, 2.75) is 28.9 Å². The standard InChI is InChI=1S/C19H14FN5S/c20-15-8-4-7-14-16(15)21-11-22-18(14)26-19-23-17(12-9-10-12)25(24-19)13-5-2-1-3-6-13/h1-8,11-12H,9-10H2. The topological polar surface area (TPSA) is 56.5 Å². The van der Waals surface area contributed by atoms with Crippen LogP contribution in [-0.2, 0) is 0 Å². The summed E-state index contributed by atoms with van der Waals surface area (Å²) in [7, 11) is 0. The van der Waals surface area contributed by atoms with E-state index in [1.54, 1.807) is 6.07 Å². The summed E-state index contributed by atoms with van der Waals surface area (Å²) in [4.78, 5) is 13.1. The second-order valence-corrected chi connectivity index (χ2v) is 7.15. The minimum atomic E-state index is -0.354. The number of nitrogens with zero attached hydrogens (tertiary/aromatic N) is 5. The number of fused-ring (bicyclic) bond motifs is 1. The monoisotopic (exact) mass is 363 g/mol. The second kappa shape index (κ2) is 6.17. The maximum atomic E-state index is 14.0. The molecule has 1 fully saturated rings. The maximum Gasteiger partial charge on any atom is 0.215 e. The van der Waals surface area contributed by atoms with E-state index in [2.05, 4.69) is 15.1 Å². The van der Waals surface area contributed by atoms with Crippen molar-refractivity contribution in [1.29, 1.82) is 0 Å². The first-order valence-electron chi connectivity index (χ1n) is 8.39. The number of rotatable bonds is 4. The average Bonchev–Trinajstić information content (AvgIpc) is 3.44. The highest BCUT2D eigenvalue weighted by Crippen LogP contribution is 2.41. The van der Waals surface area contributed by atoms with Crippen molar-refractivity contribution in [3.05, 3.63) is 66.5 Å². The normalized spacial score (nSPS) is 14.0. The molecule has 0 bridgehead atoms. The van der Waals surface area contributed by atoms with Gasteiger partial charge in [-0.3, -0.25) is 0 Å². The Hall–Kier alpha value is -2.80. The zero-order valence-corrected chi connectivity index (χ0v) is 14.5. The number of para-hydroxylation sites is 2. The Morgan fingerprint density at radius 2 is 1.85 bits per heavy atom. The van der Waals surface area contributed by atoms with Crippen LogP contribution < -0.4 is 0 Å². The zero-order valence-electron chi connectivity index (χ0n) is 13.7. The Bertz CT molecular complexity index is 1090. The van der Waals surface area contributed by atoms with Gasteiger partial charge in [0.1, 0.15) is 28.5 Å². The molecule has 0 unspecified atom stereocenters. The Balaban J connectivity index is 1.57. The van der Waals surface area contributed by atoms with Gasteiger partial charge >= 0.3 is 0 Å². The van der Waals surface area contributed by atoms with E-state index in [1.807, 2.05) is 41.1 Å². The molecule has 2 aromatic carbocycles. The number of hydrogen-bond donors (Lipinski definition) is 0. The van der Waals surface area contributed by atoms with Crippen LogP contribution in [0.3, 0.4) is 0 Å². The summed E-state index contributed by atoms with van der Waals surface area (Å²) in [5.74, 6) is 1.08. The Labute approximate surface area is 153 Å². The maximum absolute atomic E-state index is 14.0. The second-order valence-electron chi connectivity index (χ2n) is 6.19. The minimum Gasteiger partial charge on any atom is -0.233 e. The molecule has 1 saturated carbocycles. The molecular formula is C19H14FN5S. The molecule has 0 atom stereocenters. The Morgan fingerprint density at radius 1 is 1.00 bits per heavy atom. The van der Waals surface area contributed by atoms with Crippen molar-refractivity contribution in [1.82, 2.24) is 24.7 Å². The first kappa shape index (κ1) is 15.5. The number of halogens is 1. The van der Waals surface area contributed by atoms with Gasteiger partial charge in [0.05, 0.1) is 5.69 Å². The highest BCUT2D eigenvalue weighted by Gasteiger charge is 2.30. The highest BCUT2D eigenvalue weighted by atomic mass is 32.2. The van der Waals surface area contributed by atoms with Crippen LogP contribution in [0.2, 0.25) is 0 Å². The van der Waals surface area contributed by atoms with Gasteiger partial charge in [0.2, 0.25) is 5.16 Å². The molecular weight excluding hydrogens is 349 g/mol. The van der Waals surface area contributed by atoms with Crippen molar-refractivity contribution in [2.75, 3.05) is 0 Å². The summed E-state index contributed by atoms with van der Waals surface area (Å²) >= 11 is 1.34. The van der Waals surface area contributed by atoms with Crippen LogP contribution in [0.25, 0.3) is 16.6 Å². The van der Waals surface area contributed by atoms with Crippen molar-refractivity contribution < 1.29 is 4.39 Å². The number of benzene rings is 2. The van der Waals surface area contributed by atoms with Crippen LogP contribution in [0.4, 0.5) is 4.39 Å². The lowest BCUT2D eigenvalue weighted by atomic mass is 10.2. The molecule has 1 aliphatic rings. The number of aromatic nitrogens is 5. The van der Waals surface area contributed by atoms with Gasteiger partial charge < -0.3 is 0 Å². The Morgan fingerprint density at radius 3 is 2.65 bits per heavy atom. The van der Waals surface area contributed by atoms with Crippen LogP contribution >= 0.6 is 11.8 Å². The summed E-state index contributed by atoms with van der Waals surface area (Å²) in [5, 5.41) is 6.61. The quantitative estimate of drug-likeness (QED) is 0.504. The largest absolute Gasteiger partial charge is 0.233 e. The lowest BCUT2D eigenvalue weighted by Crippen LogP contribution is -2.01. The van der Waals surface area contributed by atoms with Gasteiger partial charge in [-0.1, -0.05) is 24.3 Å². The van der Waals surface area contributed by atoms with Crippen LogP contribution in [0.1, 0.15) is 24.6 Å². The van der Waals surface area contributed by atoms with E-state index >= 15 is 0 Å². The van der Waals surface area contributed by atoms with Crippen LogP contribution in [-0.4, -0.2) is 24.7 Å². The smallest absolute Gasteiger partial charge is 0.215 e. The third-order valence-electron chi connectivity index (χ3n) is 4.32. The summed E-state index contributed by atoms with van der Waals surface area (Å²) < 4.78 is 15.9. The first-order chi connectivity index (χ1) is 12.8. The third-order valence-corrected chi connectivity index (χ3v) is 5.20. The molecule has 0 spiro atoms. The molecule has 128 valence electrons. The molecule has 2 heterocycles. The fourth-order valence-electron chi connectivity index (χ4n) is 2.91. The average molecular weight is 363 g/mol. The molecule has 26 heavy (non-hydrogen) atoms. The van der Waals surface area contributed by atoms with Crippen LogP contribution in [0.5, 0.6) is 0 Å². The third kappa shape index (κ3) is 2.74. The van der Waals surface area contributed by atoms with E-state index in [9.17, 15) is 4.39 Å². The van der Waals surface area contributed by atoms with Gasteiger partial charge in [0.15, 0.2) is 0 Å². The SMILES string of the molecule is Fc1cccc2c(Sc3nc(C4CC4)n(-c4ccccc4)n3)ncnc12. The van der Waals surface area contributed by atoms with E-state index in [4.69, 9.17) is 4.98 Å². The van der Waals surface area contributed by atoms with E-state index in [1.165, 1.54) is 24.2 Å². The van der Waals surface area contributed by atoms with E-state index < -0.39 is 0 Å². The Kier molecular flexibility index (Phi) is 3.67. The fraction of sp³-hybridized carbons (Fsp3) is 0.158. The molecule has 1 aliphatic carbocycles. The summed E-state index contributed by atoms with van der Waals surface area (Å²) in [6.45, 7) is 0. The molecule has 5 rings (SSSR count). The summed E-state index contributed by atoms with van der Waals surface area (Å²) in [5.41, 5.74) is 1.31. The van der Waals surface area contributed by atoms with E-state index in [0.717, 1.165) is 24.4 Å². The molecule has 5 nitrogen and oxygen atoms in total. The molecule has 0 aliphatic heterocycles. The van der Waals surface area contributed by atoms with Gasteiger partial charge in [0, 0.05) is 11.3 Å². The predicted molar refractivity (Wildman–Crippen MR) is 97.0 cm³/mol. The molecule has 7 heteroatoms. The van der Waals surface area contributed by atoms with Gasteiger partial charge in [-0.15, -0.1) is 5.10 Å². The molecule has 0 amide bonds. The van der Waals surface area contributed by atoms with Crippen molar-refractivity contribution >= 4 is 22.7 Å². The predicted octanol–water partition coefficient (Wildman–Crippen LogP) is 4.38. The molecule has 0 N–H and O–H groups in total. The van der Waals surface area contributed by atoms with Gasteiger partial charge in [-0.2, -0.15) is 0 Å². The molecule has 0 radical (unpaired) electrons. The number of hydrogen-bond acceptors (Lipinski definition) is 5. The minimum absolute atomic E-state index is 0.315. The molecule has 4 aromatic rings. The molecule has 0 saturated heterocycles. The first-order valence-corrected chi connectivity index (χ1v) is 9.21. The highest BCUT2D eigenvalue weighted by molar-refractivity contribution is 7.99. The molecule has 2 aromatic heterocycles. The van der Waals surface area contributed by atoms with Crippen LogP contribution in [0.15, 0.2) is 65.0 Å². The van der Waals surface area contributed by atoms with Crippen molar-refractivity contribution in [3.8, 4) is 5.69 Å². The van der Waals surface area contributed by atoms with Crippen LogP contribution in [0, 0.1) is 5.82 Å². The van der Waals surface area contributed by atoms with E-state index in [0.29, 0.717) is 27.0 Å². The van der Waals surface area contributed by atoms with Gasteiger partial charge in [-0.25, -0.2) is 24.0 Å². The zero-order chi connectivity index (χ0) is 17.5. The van der Waals surface area contributed by atoms with Crippen molar-refractivity contribution in [2.24, 2.45) is 0 Å². The summed E-state index contributed by atoms with van der Waals surface area (Å²) in [6, 6.07) is 14.9.